The summed E-state index contributed by atoms with van der Waals surface area (Å²) < 4.78 is 20.5. The van der Waals surface area contributed by atoms with E-state index in [0.717, 1.165) is 61.2 Å². The SMILES string of the molecule is Oc1ccc2c3cc(CF)ncc3n(CCN3CCOCC3)c2c1. The van der Waals surface area contributed by atoms with Crippen molar-refractivity contribution in [3.05, 3.63) is 36.2 Å². The van der Waals surface area contributed by atoms with Crippen molar-refractivity contribution in [3.8, 4) is 5.75 Å². The Kier molecular flexibility index (Phi) is 4.08. The number of morpholine rings is 1. The van der Waals surface area contributed by atoms with E-state index in [2.05, 4.69) is 14.5 Å². The first kappa shape index (κ1) is 15.4. The summed E-state index contributed by atoms with van der Waals surface area (Å²) in [4.78, 5) is 6.57. The minimum Gasteiger partial charge on any atom is -0.508 e. The van der Waals surface area contributed by atoms with Crippen LogP contribution in [0.1, 0.15) is 5.69 Å². The summed E-state index contributed by atoms with van der Waals surface area (Å²) in [7, 11) is 0. The van der Waals surface area contributed by atoms with Crippen molar-refractivity contribution in [3.63, 3.8) is 0 Å². The zero-order valence-electron chi connectivity index (χ0n) is 13.4. The standard InChI is InChI=1S/C18H20FN3O2/c19-11-13-9-16-15-2-1-14(23)10-17(15)22(18(16)12-20-13)4-3-21-5-7-24-8-6-21/h1-2,9-10,12,23H,3-8,11H2. The highest BCUT2D eigenvalue weighted by Crippen LogP contribution is 2.31. The molecule has 0 amide bonds. The van der Waals surface area contributed by atoms with Crippen LogP contribution in [-0.4, -0.2) is 52.4 Å². The Labute approximate surface area is 139 Å². The number of pyridine rings is 1. The van der Waals surface area contributed by atoms with E-state index in [1.807, 2.05) is 6.07 Å². The van der Waals surface area contributed by atoms with Gasteiger partial charge in [-0.1, -0.05) is 0 Å². The lowest BCUT2D eigenvalue weighted by Crippen LogP contribution is -2.38. The van der Waals surface area contributed by atoms with Crippen molar-refractivity contribution in [1.82, 2.24) is 14.5 Å². The molecular formula is C18H20FN3O2. The van der Waals surface area contributed by atoms with Gasteiger partial charge in [0.1, 0.15) is 12.4 Å². The Morgan fingerprint density at radius 1 is 1.08 bits per heavy atom. The highest BCUT2D eigenvalue weighted by atomic mass is 19.1. The van der Waals surface area contributed by atoms with Gasteiger partial charge in [0.15, 0.2) is 0 Å². The lowest BCUT2D eigenvalue weighted by atomic mass is 10.1. The number of phenolic OH excluding ortho intramolecular Hbond substituents is 1. The van der Waals surface area contributed by atoms with Gasteiger partial charge in [-0.3, -0.25) is 9.88 Å². The molecule has 5 nitrogen and oxygen atoms in total. The molecule has 0 aliphatic carbocycles. The van der Waals surface area contributed by atoms with Crippen LogP contribution in [0.2, 0.25) is 0 Å². The molecule has 1 aliphatic heterocycles. The molecule has 1 aromatic carbocycles. The Morgan fingerprint density at radius 3 is 2.71 bits per heavy atom. The number of alkyl halides is 1. The fourth-order valence-corrected chi connectivity index (χ4v) is 3.40. The van der Waals surface area contributed by atoms with Gasteiger partial charge < -0.3 is 14.4 Å². The second-order valence-electron chi connectivity index (χ2n) is 6.13. The third-order valence-electron chi connectivity index (χ3n) is 4.67. The molecule has 0 unspecified atom stereocenters. The molecule has 1 fully saturated rings. The second kappa shape index (κ2) is 6.37. The Balaban J connectivity index is 1.77. The predicted molar refractivity (Wildman–Crippen MR) is 91.0 cm³/mol. The highest BCUT2D eigenvalue weighted by Gasteiger charge is 2.15. The highest BCUT2D eigenvalue weighted by molar-refractivity contribution is 6.08. The second-order valence-corrected chi connectivity index (χ2v) is 6.13. The number of fused-ring (bicyclic) bond motifs is 3. The third-order valence-corrected chi connectivity index (χ3v) is 4.67. The number of hydrogen-bond donors (Lipinski definition) is 1. The summed E-state index contributed by atoms with van der Waals surface area (Å²) in [6, 6.07) is 7.13. The Morgan fingerprint density at radius 2 is 1.92 bits per heavy atom. The minimum atomic E-state index is -0.575. The van der Waals surface area contributed by atoms with Crippen LogP contribution in [0.3, 0.4) is 0 Å². The lowest BCUT2D eigenvalue weighted by Gasteiger charge is -2.26. The first-order valence-electron chi connectivity index (χ1n) is 8.22. The molecule has 0 radical (unpaired) electrons. The smallest absolute Gasteiger partial charge is 0.131 e. The topological polar surface area (TPSA) is 50.5 Å². The maximum absolute atomic E-state index is 13.0. The van der Waals surface area contributed by atoms with E-state index in [-0.39, 0.29) is 5.75 Å². The fraction of sp³-hybridized carbons (Fsp3) is 0.389. The Hall–Kier alpha value is -2.18. The first-order valence-corrected chi connectivity index (χ1v) is 8.22. The van der Waals surface area contributed by atoms with Crippen molar-refractivity contribution in [1.29, 1.82) is 0 Å². The molecule has 126 valence electrons. The molecule has 24 heavy (non-hydrogen) atoms. The summed E-state index contributed by atoms with van der Waals surface area (Å²) in [6.07, 6.45) is 1.74. The molecule has 1 aliphatic rings. The summed E-state index contributed by atoms with van der Waals surface area (Å²) in [6.45, 7) is 4.54. The van der Waals surface area contributed by atoms with Gasteiger partial charge in [0.2, 0.25) is 0 Å². The van der Waals surface area contributed by atoms with Crippen LogP contribution >= 0.6 is 0 Å². The van der Waals surface area contributed by atoms with Crippen LogP contribution < -0.4 is 0 Å². The number of halogens is 1. The fourth-order valence-electron chi connectivity index (χ4n) is 3.40. The number of ether oxygens (including phenoxy) is 1. The van der Waals surface area contributed by atoms with E-state index in [4.69, 9.17) is 4.74 Å². The van der Waals surface area contributed by atoms with E-state index in [0.29, 0.717) is 5.69 Å². The monoisotopic (exact) mass is 329 g/mol. The number of aromatic nitrogens is 2. The van der Waals surface area contributed by atoms with E-state index >= 15 is 0 Å². The normalized spacial score (nSPS) is 16.2. The third kappa shape index (κ3) is 2.72. The zero-order valence-corrected chi connectivity index (χ0v) is 13.4. The van der Waals surface area contributed by atoms with Crippen molar-refractivity contribution in [2.45, 2.75) is 13.2 Å². The molecule has 0 atom stereocenters. The van der Waals surface area contributed by atoms with Gasteiger partial charge in [-0.15, -0.1) is 0 Å². The van der Waals surface area contributed by atoms with Crippen molar-refractivity contribution >= 4 is 21.8 Å². The summed E-state index contributed by atoms with van der Waals surface area (Å²) in [5.74, 6) is 0.233. The molecule has 4 rings (SSSR count). The van der Waals surface area contributed by atoms with Crippen LogP contribution in [0.15, 0.2) is 30.5 Å². The van der Waals surface area contributed by atoms with E-state index in [9.17, 15) is 9.50 Å². The van der Waals surface area contributed by atoms with Gasteiger partial charge in [0, 0.05) is 43.0 Å². The van der Waals surface area contributed by atoms with Gasteiger partial charge >= 0.3 is 0 Å². The van der Waals surface area contributed by atoms with Crippen molar-refractivity contribution in [2.75, 3.05) is 32.8 Å². The van der Waals surface area contributed by atoms with E-state index in [1.165, 1.54) is 0 Å². The van der Waals surface area contributed by atoms with Gasteiger partial charge in [-0.2, -0.15) is 0 Å². The van der Waals surface area contributed by atoms with Crippen LogP contribution in [0.4, 0.5) is 4.39 Å². The number of hydrogen-bond acceptors (Lipinski definition) is 4. The molecule has 0 bridgehead atoms. The Bertz CT molecular complexity index is 871. The maximum Gasteiger partial charge on any atom is 0.131 e. The molecule has 1 N–H and O–H groups in total. The molecule has 6 heteroatoms. The molecule has 1 saturated heterocycles. The van der Waals surface area contributed by atoms with Crippen LogP contribution in [0, 0.1) is 0 Å². The van der Waals surface area contributed by atoms with Crippen LogP contribution in [0.5, 0.6) is 5.75 Å². The molecule has 0 spiro atoms. The van der Waals surface area contributed by atoms with E-state index < -0.39 is 6.67 Å². The van der Waals surface area contributed by atoms with Gasteiger partial charge in [-0.05, 0) is 18.2 Å². The molecule has 2 aromatic heterocycles. The predicted octanol–water partition coefficient (Wildman–Crippen LogP) is 2.70. The summed E-state index contributed by atoms with van der Waals surface area (Å²) >= 11 is 0. The lowest BCUT2D eigenvalue weighted by molar-refractivity contribution is 0.0366. The number of benzene rings is 1. The zero-order chi connectivity index (χ0) is 16.5. The number of rotatable bonds is 4. The van der Waals surface area contributed by atoms with Crippen molar-refractivity contribution < 1.29 is 14.2 Å². The maximum atomic E-state index is 13.0. The van der Waals surface area contributed by atoms with Gasteiger partial charge in [-0.25, -0.2) is 4.39 Å². The number of nitrogens with zero attached hydrogens (tertiary/aromatic N) is 3. The van der Waals surface area contributed by atoms with Gasteiger partial charge in [0.05, 0.1) is 36.1 Å². The summed E-state index contributed by atoms with van der Waals surface area (Å²) in [5, 5.41) is 11.9. The molecule has 0 saturated carbocycles. The number of aromatic hydroxyl groups is 1. The van der Waals surface area contributed by atoms with E-state index in [1.54, 1.807) is 24.4 Å². The average molecular weight is 329 g/mol. The minimum absolute atomic E-state index is 0.233. The largest absolute Gasteiger partial charge is 0.508 e. The summed E-state index contributed by atoms with van der Waals surface area (Å²) in [5.41, 5.74) is 2.36. The quantitative estimate of drug-likeness (QED) is 0.800. The first-order chi connectivity index (χ1) is 11.8. The molecule has 3 heterocycles. The van der Waals surface area contributed by atoms with Crippen LogP contribution in [0.25, 0.3) is 21.8 Å². The number of phenols is 1. The van der Waals surface area contributed by atoms with Crippen molar-refractivity contribution in [2.24, 2.45) is 0 Å². The molecule has 3 aromatic rings. The van der Waals surface area contributed by atoms with Gasteiger partial charge in [0.25, 0.3) is 0 Å². The molecular weight excluding hydrogens is 309 g/mol. The van der Waals surface area contributed by atoms with Crippen LogP contribution in [-0.2, 0) is 18.0 Å². The average Bonchev–Trinajstić information content (AvgIpc) is 2.92.